The van der Waals surface area contributed by atoms with Gasteiger partial charge >= 0.3 is 0 Å². The van der Waals surface area contributed by atoms with E-state index in [1.165, 1.54) is 59.6 Å². The number of carbonyl (C=O) groups excluding carboxylic acids is 2. The second kappa shape index (κ2) is 10.8. The monoisotopic (exact) mass is 469 g/mol. The van der Waals surface area contributed by atoms with Crippen molar-refractivity contribution < 1.29 is 28.5 Å². The number of ether oxygens (including phenoxy) is 4. The third kappa shape index (κ3) is 5.77. The van der Waals surface area contributed by atoms with Crippen molar-refractivity contribution in [1.29, 1.82) is 0 Å². The summed E-state index contributed by atoms with van der Waals surface area (Å²) in [6, 6.07) is 4.48. The van der Waals surface area contributed by atoms with E-state index in [4.69, 9.17) is 42.1 Å². The molecule has 0 fully saturated rings. The van der Waals surface area contributed by atoms with Crippen molar-refractivity contribution in [2.24, 2.45) is 10.2 Å². The Balaban J connectivity index is 2.33. The van der Waals surface area contributed by atoms with Gasteiger partial charge in [0.1, 0.15) is 17.2 Å². The normalized spacial score (nSPS) is 11.7. The summed E-state index contributed by atoms with van der Waals surface area (Å²) in [5.74, 6) is 0.101. The molecule has 0 saturated heterocycles. The van der Waals surface area contributed by atoms with E-state index in [9.17, 15) is 9.59 Å². The molecule has 1 atom stereocenters. The van der Waals surface area contributed by atoms with Gasteiger partial charge < -0.3 is 24.3 Å². The van der Waals surface area contributed by atoms with Crippen LogP contribution >= 0.6 is 23.2 Å². The molecule has 11 heteroatoms. The van der Waals surface area contributed by atoms with E-state index in [1.54, 1.807) is 0 Å². The van der Waals surface area contributed by atoms with Crippen molar-refractivity contribution in [2.75, 3.05) is 33.8 Å². The first-order valence-corrected chi connectivity index (χ1v) is 9.56. The lowest BCUT2D eigenvalue weighted by atomic mass is 10.2. The summed E-state index contributed by atoms with van der Waals surface area (Å²) in [7, 11) is 5.76. The Morgan fingerprint density at radius 2 is 1.39 bits per heavy atom. The highest BCUT2D eigenvalue weighted by Crippen LogP contribution is 2.38. The van der Waals surface area contributed by atoms with Crippen LogP contribution in [0.25, 0.3) is 0 Å². The molecule has 1 N–H and O–H groups in total. The van der Waals surface area contributed by atoms with Gasteiger partial charge in [0.05, 0.1) is 44.2 Å². The minimum absolute atomic E-state index is 0.198. The third-order valence-electron chi connectivity index (χ3n) is 4.10. The topological polar surface area (TPSA) is 108 Å². The highest BCUT2D eigenvalue weighted by Gasteiger charge is 2.25. The number of azo groups is 1. The maximum atomic E-state index is 12.7. The summed E-state index contributed by atoms with van der Waals surface area (Å²) in [4.78, 5) is 24.8. The molecular formula is C20H21Cl2N3O6. The van der Waals surface area contributed by atoms with E-state index in [0.29, 0.717) is 22.3 Å². The summed E-state index contributed by atoms with van der Waals surface area (Å²) in [6.45, 7) is 1.22. The van der Waals surface area contributed by atoms with Gasteiger partial charge in [-0.25, -0.2) is 0 Å². The van der Waals surface area contributed by atoms with Crippen molar-refractivity contribution in [3.63, 3.8) is 0 Å². The molecule has 166 valence electrons. The molecule has 0 bridgehead atoms. The number of ketones is 1. The second-order valence-corrected chi connectivity index (χ2v) is 6.88. The van der Waals surface area contributed by atoms with Gasteiger partial charge in [-0.3, -0.25) is 9.59 Å². The molecule has 9 nitrogen and oxygen atoms in total. The minimum Gasteiger partial charge on any atom is -0.495 e. The number of nitrogens with one attached hydrogen (secondary N) is 1. The Kier molecular flexibility index (Phi) is 8.47. The van der Waals surface area contributed by atoms with Crippen LogP contribution in [0.5, 0.6) is 23.0 Å². The molecule has 2 aromatic rings. The van der Waals surface area contributed by atoms with Crippen molar-refractivity contribution in [3.05, 3.63) is 34.3 Å². The number of methoxy groups -OCH3 is 4. The van der Waals surface area contributed by atoms with Crippen molar-refractivity contribution in [2.45, 2.75) is 13.0 Å². The second-order valence-electron chi connectivity index (χ2n) is 6.06. The Labute approximate surface area is 189 Å². The highest BCUT2D eigenvalue weighted by molar-refractivity contribution is 6.33. The number of carbonyl (C=O) groups is 2. The van der Waals surface area contributed by atoms with Gasteiger partial charge in [-0.1, -0.05) is 23.2 Å². The van der Waals surface area contributed by atoms with Crippen LogP contribution in [0.1, 0.15) is 6.92 Å². The van der Waals surface area contributed by atoms with Gasteiger partial charge in [-0.2, -0.15) is 10.2 Å². The molecule has 2 aromatic carbocycles. The van der Waals surface area contributed by atoms with Gasteiger partial charge in [0.2, 0.25) is 6.04 Å². The number of nitrogens with zero attached hydrogens (tertiary/aromatic N) is 2. The number of anilines is 1. The SMILES string of the molecule is COc1cc(NC(=O)C(N=Nc2cc(OC)c(OC)cc2Cl)C(C)=O)c(OC)cc1Cl. The predicted molar refractivity (Wildman–Crippen MR) is 117 cm³/mol. The maximum absolute atomic E-state index is 12.7. The fourth-order valence-corrected chi connectivity index (χ4v) is 2.94. The smallest absolute Gasteiger partial charge is 0.258 e. The van der Waals surface area contributed by atoms with E-state index >= 15 is 0 Å². The van der Waals surface area contributed by atoms with Gasteiger partial charge in [0, 0.05) is 24.3 Å². The van der Waals surface area contributed by atoms with Crippen LogP contribution in [-0.2, 0) is 9.59 Å². The zero-order valence-electron chi connectivity index (χ0n) is 17.5. The van der Waals surface area contributed by atoms with Gasteiger partial charge in [0.15, 0.2) is 17.3 Å². The van der Waals surface area contributed by atoms with E-state index in [-0.39, 0.29) is 22.1 Å². The fourth-order valence-electron chi connectivity index (χ4n) is 2.52. The number of hydrogen-bond acceptors (Lipinski definition) is 8. The Morgan fingerprint density at radius 1 is 0.839 bits per heavy atom. The number of amides is 1. The van der Waals surface area contributed by atoms with E-state index < -0.39 is 17.7 Å². The van der Waals surface area contributed by atoms with Crippen LogP contribution in [0.15, 0.2) is 34.5 Å². The average Bonchev–Trinajstić information content (AvgIpc) is 2.75. The molecule has 2 rings (SSSR count). The molecule has 0 heterocycles. The summed E-state index contributed by atoms with van der Waals surface area (Å²) in [5.41, 5.74) is 0.448. The Hall–Kier alpha value is -3.04. The van der Waals surface area contributed by atoms with Crippen molar-refractivity contribution in [3.8, 4) is 23.0 Å². The summed E-state index contributed by atoms with van der Waals surface area (Å²) < 4.78 is 20.7. The van der Waals surface area contributed by atoms with Crippen LogP contribution in [0, 0.1) is 0 Å². The first-order chi connectivity index (χ1) is 14.7. The Bertz CT molecular complexity index is 1010. The summed E-state index contributed by atoms with van der Waals surface area (Å²) in [6.07, 6.45) is 0. The van der Waals surface area contributed by atoms with Crippen LogP contribution in [-0.4, -0.2) is 46.2 Å². The minimum atomic E-state index is -1.43. The van der Waals surface area contributed by atoms with Gasteiger partial charge in [-0.05, 0) is 6.92 Å². The largest absolute Gasteiger partial charge is 0.495 e. The molecule has 0 radical (unpaired) electrons. The molecule has 0 aliphatic heterocycles. The van der Waals surface area contributed by atoms with E-state index in [2.05, 4.69) is 15.5 Å². The lowest BCUT2D eigenvalue weighted by Crippen LogP contribution is -2.32. The standard InChI is InChI=1S/C20H21Cl2N3O6/c1-10(26)19(25-24-13-8-18(31-5)17(30-4)6-11(13)21)20(27)23-14-9-15(28-2)12(22)7-16(14)29-3/h6-9,19H,1-5H3,(H,23,27). The molecule has 0 aromatic heterocycles. The van der Waals surface area contributed by atoms with Crippen LogP contribution < -0.4 is 24.3 Å². The molecule has 1 unspecified atom stereocenters. The fraction of sp³-hybridized carbons (Fsp3) is 0.300. The lowest BCUT2D eigenvalue weighted by Gasteiger charge is -2.15. The zero-order valence-corrected chi connectivity index (χ0v) is 19.0. The molecule has 0 spiro atoms. The first-order valence-electron chi connectivity index (χ1n) is 8.80. The predicted octanol–water partition coefficient (Wildman–Crippen LogP) is 4.71. The van der Waals surface area contributed by atoms with Crippen molar-refractivity contribution >= 4 is 46.3 Å². The summed E-state index contributed by atoms with van der Waals surface area (Å²) in [5, 5.41) is 10.9. The number of benzene rings is 2. The Morgan fingerprint density at radius 3 is 1.94 bits per heavy atom. The number of rotatable bonds is 9. The van der Waals surface area contributed by atoms with E-state index in [0.717, 1.165) is 0 Å². The quantitative estimate of drug-likeness (QED) is 0.420. The number of Topliss-reactive ketones (excluding diaryl/α,β-unsaturated/α-hetero) is 1. The number of hydrogen-bond donors (Lipinski definition) is 1. The van der Waals surface area contributed by atoms with Crippen LogP contribution in [0.4, 0.5) is 11.4 Å². The third-order valence-corrected chi connectivity index (χ3v) is 4.70. The van der Waals surface area contributed by atoms with E-state index in [1.807, 2.05) is 0 Å². The molecule has 0 aliphatic rings. The molecule has 1 amide bonds. The van der Waals surface area contributed by atoms with Gasteiger partial charge in [-0.15, -0.1) is 0 Å². The van der Waals surface area contributed by atoms with Crippen LogP contribution in [0.3, 0.4) is 0 Å². The first kappa shape index (κ1) is 24.2. The molecule has 31 heavy (non-hydrogen) atoms. The van der Waals surface area contributed by atoms with Crippen LogP contribution in [0.2, 0.25) is 10.0 Å². The lowest BCUT2D eigenvalue weighted by molar-refractivity contribution is -0.126. The highest BCUT2D eigenvalue weighted by atomic mass is 35.5. The molecule has 0 saturated carbocycles. The van der Waals surface area contributed by atoms with Crippen molar-refractivity contribution in [1.82, 2.24) is 0 Å². The number of halogens is 2. The average molecular weight is 470 g/mol. The molecule has 0 aliphatic carbocycles. The van der Waals surface area contributed by atoms with Gasteiger partial charge in [0.25, 0.3) is 5.91 Å². The summed E-state index contributed by atoms with van der Waals surface area (Å²) >= 11 is 12.3. The maximum Gasteiger partial charge on any atom is 0.258 e. The molecular weight excluding hydrogens is 449 g/mol. The zero-order chi connectivity index (χ0) is 23.1.